The van der Waals surface area contributed by atoms with Crippen LogP contribution in [0.25, 0.3) is 0 Å². The Kier molecular flexibility index (Phi) is 5.50. The van der Waals surface area contributed by atoms with Gasteiger partial charge in [-0.25, -0.2) is 5.43 Å². The van der Waals surface area contributed by atoms with Crippen molar-refractivity contribution in [2.75, 3.05) is 0 Å². The maximum absolute atomic E-state index is 12.3. The van der Waals surface area contributed by atoms with Gasteiger partial charge in [0.05, 0.1) is 6.21 Å². The summed E-state index contributed by atoms with van der Waals surface area (Å²) in [6.07, 6.45) is 2.61. The van der Waals surface area contributed by atoms with Crippen molar-refractivity contribution >= 4 is 12.1 Å². The molecule has 0 bridgehead atoms. The Bertz CT molecular complexity index is 811. The van der Waals surface area contributed by atoms with E-state index in [1.807, 2.05) is 12.1 Å². The monoisotopic (exact) mass is 362 g/mol. The molecule has 3 rings (SSSR count). The number of benzene rings is 2. The fourth-order valence-electron chi connectivity index (χ4n) is 3.30. The van der Waals surface area contributed by atoms with Crippen LogP contribution in [0.5, 0.6) is 0 Å². The van der Waals surface area contributed by atoms with E-state index in [-0.39, 0.29) is 17.2 Å². The lowest BCUT2D eigenvalue weighted by Crippen LogP contribution is -2.20. The minimum atomic E-state index is 0.00921. The van der Waals surface area contributed by atoms with Crippen LogP contribution in [0.2, 0.25) is 0 Å². The number of amides is 1. The molecule has 1 saturated carbocycles. The molecule has 1 N–H and O–H groups in total. The van der Waals surface area contributed by atoms with Gasteiger partial charge in [-0.1, -0.05) is 83.1 Å². The third-order valence-electron chi connectivity index (χ3n) is 5.32. The molecule has 0 aliphatic heterocycles. The number of nitrogens with one attached hydrogen (secondary N) is 1. The number of carbonyl (C=O) groups is 1. The van der Waals surface area contributed by atoms with E-state index in [2.05, 4.69) is 81.5 Å². The first-order chi connectivity index (χ1) is 12.8. The summed E-state index contributed by atoms with van der Waals surface area (Å²) in [5.41, 5.74) is 7.71. The first-order valence-corrected chi connectivity index (χ1v) is 9.79. The molecule has 1 aliphatic carbocycles. The van der Waals surface area contributed by atoms with E-state index in [1.165, 1.54) is 16.7 Å². The summed E-state index contributed by atoms with van der Waals surface area (Å²) in [5.74, 6) is 0.875. The van der Waals surface area contributed by atoms with Gasteiger partial charge in [0.15, 0.2) is 0 Å². The Labute approximate surface area is 162 Å². The molecule has 0 unspecified atom stereocenters. The Morgan fingerprint density at radius 1 is 1.07 bits per heavy atom. The molecule has 1 aliphatic rings. The van der Waals surface area contributed by atoms with Crippen molar-refractivity contribution in [1.29, 1.82) is 0 Å². The van der Waals surface area contributed by atoms with E-state index in [1.54, 1.807) is 6.21 Å². The third kappa shape index (κ3) is 4.85. The number of hydrazone groups is 1. The number of carbonyl (C=O) groups excluding carboxylic acids is 1. The minimum absolute atomic E-state index is 0.00921. The molecular formula is C24H30N2O. The van der Waals surface area contributed by atoms with Gasteiger partial charge in [0, 0.05) is 5.92 Å². The standard InChI is InChI=1S/C24H30N2O/c1-16(2)18-8-6-17(7-9-18)15-25-26-23(27)22-14-21(22)19-10-12-20(13-11-19)24(3,4)5/h6-13,15-16,21-22H,14H2,1-5H3,(H,26,27)/b25-15+/t21-,22-/m0/s1. The number of hydrogen-bond donors (Lipinski definition) is 1. The lowest BCUT2D eigenvalue weighted by Gasteiger charge is -2.19. The third-order valence-corrected chi connectivity index (χ3v) is 5.32. The van der Waals surface area contributed by atoms with Gasteiger partial charge in [-0.2, -0.15) is 5.10 Å². The molecule has 2 aromatic rings. The topological polar surface area (TPSA) is 41.5 Å². The van der Waals surface area contributed by atoms with Crippen molar-refractivity contribution in [3.8, 4) is 0 Å². The molecule has 0 saturated heterocycles. The van der Waals surface area contributed by atoms with Crippen LogP contribution in [0.15, 0.2) is 53.6 Å². The summed E-state index contributed by atoms with van der Waals surface area (Å²) < 4.78 is 0. The van der Waals surface area contributed by atoms with Gasteiger partial charge in [0.2, 0.25) is 5.91 Å². The number of rotatable bonds is 5. The number of nitrogens with zero attached hydrogens (tertiary/aromatic N) is 1. The molecule has 1 fully saturated rings. The second-order valence-electron chi connectivity index (χ2n) is 8.88. The van der Waals surface area contributed by atoms with Crippen molar-refractivity contribution in [3.63, 3.8) is 0 Å². The van der Waals surface area contributed by atoms with E-state index >= 15 is 0 Å². The maximum Gasteiger partial charge on any atom is 0.243 e. The predicted molar refractivity (Wildman–Crippen MR) is 112 cm³/mol. The van der Waals surface area contributed by atoms with Crippen LogP contribution < -0.4 is 5.43 Å². The van der Waals surface area contributed by atoms with Gasteiger partial charge in [-0.15, -0.1) is 0 Å². The molecule has 2 atom stereocenters. The van der Waals surface area contributed by atoms with Crippen molar-refractivity contribution < 1.29 is 4.79 Å². The molecule has 142 valence electrons. The van der Waals surface area contributed by atoms with Crippen LogP contribution in [-0.4, -0.2) is 12.1 Å². The summed E-state index contributed by atoms with van der Waals surface area (Å²) in [6, 6.07) is 17.0. The molecule has 2 aromatic carbocycles. The number of hydrogen-bond acceptors (Lipinski definition) is 2. The second-order valence-corrected chi connectivity index (χ2v) is 8.88. The lowest BCUT2D eigenvalue weighted by atomic mass is 9.86. The fraction of sp³-hybridized carbons (Fsp3) is 0.417. The van der Waals surface area contributed by atoms with E-state index in [9.17, 15) is 4.79 Å². The van der Waals surface area contributed by atoms with Gasteiger partial charge in [-0.3, -0.25) is 4.79 Å². The first-order valence-electron chi connectivity index (χ1n) is 9.79. The molecule has 3 nitrogen and oxygen atoms in total. The van der Waals surface area contributed by atoms with Crippen molar-refractivity contribution in [2.45, 2.75) is 58.3 Å². The highest BCUT2D eigenvalue weighted by molar-refractivity contribution is 5.85. The Balaban J connectivity index is 1.52. The smallest absolute Gasteiger partial charge is 0.243 e. The molecule has 27 heavy (non-hydrogen) atoms. The molecule has 0 heterocycles. The van der Waals surface area contributed by atoms with Crippen LogP contribution in [-0.2, 0) is 10.2 Å². The van der Waals surface area contributed by atoms with Gasteiger partial charge in [0.25, 0.3) is 0 Å². The van der Waals surface area contributed by atoms with Crippen molar-refractivity contribution in [2.24, 2.45) is 11.0 Å². The zero-order valence-electron chi connectivity index (χ0n) is 17.0. The molecule has 0 spiro atoms. The van der Waals surface area contributed by atoms with E-state index in [4.69, 9.17) is 0 Å². The quantitative estimate of drug-likeness (QED) is 0.564. The fourth-order valence-corrected chi connectivity index (χ4v) is 3.30. The summed E-state index contributed by atoms with van der Waals surface area (Å²) in [7, 11) is 0. The Morgan fingerprint density at radius 3 is 2.26 bits per heavy atom. The Morgan fingerprint density at radius 2 is 1.70 bits per heavy atom. The van der Waals surface area contributed by atoms with Crippen LogP contribution in [0.4, 0.5) is 0 Å². The average Bonchev–Trinajstić information content (AvgIpc) is 3.42. The molecule has 0 aromatic heterocycles. The largest absolute Gasteiger partial charge is 0.273 e. The van der Waals surface area contributed by atoms with Gasteiger partial charge >= 0.3 is 0 Å². The van der Waals surface area contributed by atoms with Gasteiger partial charge in [0.1, 0.15) is 0 Å². The molecule has 3 heteroatoms. The highest BCUT2D eigenvalue weighted by Gasteiger charge is 2.43. The normalized spacial score (nSPS) is 19.5. The highest BCUT2D eigenvalue weighted by atomic mass is 16.2. The maximum atomic E-state index is 12.3. The lowest BCUT2D eigenvalue weighted by molar-refractivity contribution is -0.122. The molecule has 1 amide bonds. The van der Waals surface area contributed by atoms with Gasteiger partial charge in [-0.05, 0) is 45.9 Å². The van der Waals surface area contributed by atoms with Gasteiger partial charge < -0.3 is 0 Å². The second kappa shape index (κ2) is 7.67. The Hall–Kier alpha value is -2.42. The summed E-state index contributed by atoms with van der Waals surface area (Å²) in [5, 5.41) is 4.13. The zero-order valence-corrected chi connectivity index (χ0v) is 17.0. The zero-order chi connectivity index (χ0) is 19.6. The average molecular weight is 363 g/mol. The SMILES string of the molecule is CC(C)c1ccc(/C=N/NC(=O)[C@H]2C[C@H]2c2ccc(C(C)(C)C)cc2)cc1. The first kappa shape index (κ1) is 19.3. The molecular weight excluding hydrogens is 332 g/mol. The summed E-state index contributed by atoms with van der Waals surface area (Å²) in [6.45, 7) is 11.0. The molecule has 0 radical (unpaired) electrons. The summed E-state index contributed by atoms with van der Waals surface area (Å²) in [4.78, 5) is 12.3. The minimum Gasteiger partial charge on any atom is -0.273 e. The van der Waals surface area contributed by atoms with Crippen LogP contribution in [0.3, 0.4) is 0 Å². The van der Waals surface area contributed by atoms with Crippen LogP contribution in [0, 0.1) is 5.92 Å². The van der Waals surface area contributed by atoms with E-state index in [0.29, 0.717) is 11.8 Å². The van der Waals surface area contributed by atoms with Crippen molar-refractivity contribution in [1.82, 2.24) is 5.43 Å². The summed E-state index contributed by atoms with van der Waals surface area (Å²) >= 11 is 0. The highest BCUT2D eigenvalue weighted by Crippen LogP contribution is 2.47. The van der Waals surface area contributed by atoms with Crippen LogP contribution in [0.1, 0.15) is 75.1 Å². The van der Waals surface area contributed by atoms with Crippen LogP contribution >= 0.6 is 0 Å². The predicted octanol–water partition coefficient (Wildman–Crippen LogP) is 5.36. The van der Waals surface area contributed by atoms with E-state index < -0.39 is 0 Å². The van der Waals surface area contributed by atoms with E-state index in [0.717, 1.165) is 12.0 Å². The van der Waals surface area contributed by atoms with Crippen molar-refractivity contribution in [3.05, 3.63) is 70.8 Å².